The first-order valence-corrected chi connectivity index (χ1v) is 6.38. The minimum absolute atomic E-state index is 0.144. The van der Waals surface area contributed by atoms with Gasteiger partial charge in [0.05, 0.1) is 19.8 Å². The molecule has 1 aliphatic rings. The predicted molar refractivity (Wildman–Crippen MR) is 67.5 cm³/mol. The summed E-state index contributed by atoms with van der Waals surface area (Å²) in [5, 5.41) is 9.62. The van der Waals surface area contributed by atoms with Crippen molar-refractivity contribution in [3.8, 4) is 0 Å². The van der Waals surface area contributed by atoms with Crippen LogP contribution >= 0.6 is 15.9 Å². The first-order valence-electron chi connectivity index (χ1n) is 5.59. The second-order valence-corrected chi connectivity index (χ2v) is 5.75. The van der Waals surface area contributed by atoms with E-state index in [9.17, 15) is 5.11 Å². The van der Waals surface area contributed by atoms with Crippen LogP contribution in [-0.4, -0.2) is 24.9 Å². The van der Waals surface area contributed by atoms with Gasteiger partial charge in [0.2, 0.25) is 0 Å². The summed E-state index contributed by atoms with van der Waals surface area (Å²) in [7, 11) is 0. The van der Waals surface area contributed by atoms with E-state index in [1.807, 2.05) is 12.1 Å². The summed E-state index contributed by atoms with van der Waals surface area (Å²) in [5.41, 5.74) is 1.06. The van der Waals surface area contributed by atoms with Crippen LogP contribution < -0.4 is 0 Å². The second kappa shape index (κ2) is 4.86. The third-order valence-corrected chi connectivity index (χ3v) is 3.87. The van der Waals surface area contributed by atoms with Crippen LogP contribution in [0.1, 0.15) is 18.9 Å². The number of aliphatic hydroxyl groups excluding tert-OH is 1. The maximum atomic E-state index is 9.62. The lowest BCUT2D eigenvalue weighted by Gasteiger charge is -2.36. The Hall–Kier alpha value is -0.380. The van der Waals surface area contributed by atoms with Gasteiger partial charge in [-0.3, -0.25) is 0 Å². The zero-order valence-electron chi connectivity index (χ0n) is 9.45. The molecule has 1 atom stereocenters. The summed E-state index contributed by atoms with van der Waals surface area (Å²) < 4.78 is 6.26. The highest BCUT2D eigenvalue weighted by Crippen LogP contribution is 2.33. The zero-order chi connectivity index (χ0) is 11.6. The Labute approximate surface area is 105 Å². The Morgan fingerprint density at radius 1 is 1.38 bits per heavy atom. The van der Waals surface area contributed by atoms with Gasteiger partial charge in [0.1, 0.15) is 0 Å². The lowest BCUT2D eigenvalue weighted by molar-refractivity contribution is -0.0485. The van der Waals surface area contributed by atoms with Gasteiger partial charge in [-0.1, -0.05) is 35.0 Å². The maximum Gasteiger partial charge on any atom is 0.0525 e. The van der Waals surface area contributed by atoms with Crippen LogP contribution in [0.5, 0.6) is 0 Å². The van der Waals surface area contributed by atoms with Gasteiger partial charge in [-0.15, -0.1) is 0 Å². The van der Waals surface area contributed by atoms with Crippen LogP contribution in [-0.2, 0) is 10.2 Å². The third-order valence-electron chi connectivity index (χ3n) is 3.34. The molecule has 1 N–H and O–H groups in total. The molecule has 0 spiro atoms. The smallest absolute Gasteiger partial charge is 0.0525 e. The fourth-order valence-corrected chi connectivity index (χ4v) is 2.43. The van der Waals surface area contributed by atoms with Crippen molar-refractivity contribution >= 4 is 15.9 Å². The van der Waals surface area contributed by atoms with Crippen molar-refractivity contribution in [2.75, 3.05) is 19.8 Å². The highest BCUT2D eigenvalue weighted by atomic mass is 79.9. The molecule has 0 aliphatic carbocycles. The predicted octanol–water partition coefficient (Wildman–Crippen LogP) is 2.74. The Morgan fingerprint density at radius 3 is 2.44 bits per heavy atom. The van der Waals surface area contributed by atoms with E-state index in [0.717, 1.165) is 24.1 Å². The molecule has 0 radical (unpaired) electrons. The summed E-state index contributed by atoms with van der Waals surface area (Å²) >= 11 is 3.43. The SMILES string of the molecule is CC(CO)(CC1COC1)c1ccc(Br)cc1. The Kier molecular flexibility index (Phi) is 3.67. The van der Waals surface area contributed by atoms with Gasteiger partial charge in [0.15, 0.2) is 0 Å². The van der Waals surface area contributed by atoms with Gasteiger partial charge in [-0.2, -0.15) is 0 Å². The highest BCUT2D eigenvalue weighted by Gasteiger charge is 2.32. The summed E-state index contributed by atoms with van der Waals surface area (Å²) in [6.07, 6.45) is 0.991. The van der Waals surface area contributed by atoms with E-state index in [1.54, 1.807) is 0 Å². The monoisotopic (exact) mass is 284 g/mol. The van der Waals surface area contributed by atoms with Crippen molar-refractivity contribution in [3.63, 3.8) is 0 Å². The lowest BCUT2D eigenvalue weighted by atomic mass is 9.75. The molecule has 1 aromatic carbocycles. The van der Waals surface area contributed by atoms with Crippen LogP contribution in [0.3, 0.4) is 0 Å². The molecular weight excluding hydrogens is 268 g/mol. The first-order chi connectivity index (χ1) is 7.64. The molecule has 0 saturated carbocycles. The van der Waals surface area contributed by atoms with Gasteiger partial charge in [-0.05, 0) is 24.1 Å². The lowest BCUT2D eigenvalue weighted by Crippen LogP contribution is -2.37. The van der Waals surface area contributed by atoms with Crippen molar-refractivity contribution in [2.45, 2.75) is 18.8 Å². The number of aliphatic hydroxyl groups is 1. The van der Waals surface area contributed by atoms with Crippen LogP contribution in [0.2, 0.25) is 0 Å². The Bertz CT molecular complexity index is 345. The molecule has 1 heterocycles. The molecular formula is C13H17BrO2. The van der Waals surface area contributed by atoms with E-state index < -0.39 is 0 Å². The van der Waals surface area contributed by atoms with Crippen molar-refractivity contribution in [1.29, 1.82) is 0 Å². The van der Waals surface area contributed by atoms with E-state index >= 15 is 0 Å². The minimum atomic E-state index is -0.144. The largest absolute Gasteiger partial charge is 0.395 e. The van der Waals surface area contributed by atoms with Gasteiger partial charge in [0, 0.05) is 15.8 Å². The molecule has 2 rings (SSSR count). The quantitative estimate of drug-likeness (QED) is 0.921. The molecule has 1 unspecified atom stereocenters. The van der Waals surface area contributed by atoms with E-state index in [4.69, 9.17) is 4.74 Å². The molecule has 88 valence electrons. The number of hydrogen-bond acceptors (Lipinski definition) is 2. The van der Waals surface area contributed by atoms with E-state index in [0.29, 0.717) is 5.92 Å². The standard InChI is InChI=1S/C13H17BrO2/c1-13(9-15,6-10-7-16-8-10)11-2-4-12(14)5-3-11/h2-5,10,15H,6-9H2,1H3. The zero-order valence-corrected chi connectivity index (χ0v) is 11.0. The average molecular weight is 285 g/mol. The Balaban J connectivity index is 2.15. The fourth-order valence-electron chi connectivity index (χ4n) is 2.17. The van der Waals surface area contributed by atoms with Crippen LogP contribution in [0.4, 0.5) is 0 Å². The molecule has 1 fully saturated rings. The van der Waals surface area contributed by atoms with Gasteiger partial charge in [0.25, 0.3) is 0 Å². The molecule has 3 heteroatoms. The van der Waals surface area contributed by atoms with Gasteiger partial charge < -0.3 is 9.84 Å². The second-order valence-electron chi connectivity index (χ2n) is 4.83. The van der Waals surface area contributed by atoms with Crippen LogP contribution in [0.15, 0.2) is 28.7 Å². The average Bonchev–Trinajstić information content (AvgIpc) is 2.24. The summed E-state index contributed by atoms with van der Waals surface area (Å²) in [6, 6.07) is 8.22. The van der Waals surface area contributed by atoms with Crippen molar-refractivity contribution in [2.24, 2.45) is 5.92 Å². The first kappa shape index (κ1) is 12.1. The van der Waals surface area contributed by atoms with E-state index in [-0.39, 0.29) is 12.0 Å². The van der Waals surface area contributed by atoms with Crippen molar-refractivity contribution < 1.29 is 9.84 Å². The Morgan fingerprint density at radius 2 is 2.00 bits per heavy atom. The molecule has 0 amide bonds. The topological polar surface area (TPSA) is 29.5 Å². The molecule has 2 nitrogen and oxygen atoms in total. The van der Waals surface area contributed by atoms with Crippen LogP contribution in [0.25, 0.3) is 0 Å². The third kappa shape index (κ3) is 2.47. The molecule has 0 aromatic heterocycles. The number of rotatable bonds is 4. The molecule has 1 aliphatic heterocycles. The normalized spacial score (nSPS) is 20.2. The van der Waals surface area contributed by atoms with E-state index in [1.165, 1.54) is 5.56 Å². The van der Waals surface area contributed by atoms with Gasteiger partial charge in [-0.25, -0.2) is 0 Å². The van der Waals surface area contributed by atoms with E-state index in [2.05, 4.69) is 35.0 Å². The number of ether oxygens (including phenoxy) is 1. The summed E-state index contributed by atoms with van der Waals surface area (Å²) in [4.78, 5) is 0. The highest BCUT2D eigenvalue weighted by molar-refractivity contribution is 9.10. The number of halogens is 1. The molecule has 16 heavy (non-hydrogen) atoms. The minimum Gasteiger partial charge on any atom is -0.395 e. The number of hydrogen-bond donors (Lipinski definition) is 1. The molecule has 1 saturated heterocycles. The summed E-state index contributed by atoms with van der Waals surface area (Å²) in [5.74, 6) is 0.598. The molecule has 1 aromatic rings. The fraction of sp³-hybridized carbons (Fsp3) is 0.538. The van der Waals surface area contributed by atoms with Gasteiger partial charge >= 0.3 is 0 Å². The number of benzene rings is 1. The van der Waals surface area contributed by atoms with Crippen molar-refractivity contribution in [3.05, 3.63) is 34.3 Å². The van der Waals surface area contributed by atoms with Crippen molar-refractivity contribution in [1.82, 2.24) is 0 Å². The maximum absolute atomic E-state index is 9.62. The summed E-state index contributed by atoms with van der Waals surface area (Å²) in [6.45, 7) is 3.98. The van der Waals surface area contributed by atoms with Crippen LogP contribution in [0, 0.1) is 5.92 Å². The molecule has 0 bridgehead atoms.